The first-order valence-electron chi connectivity index (χ1n) is 11.5. The molecule has 3 heterocycles. The predicted molar refractivity (Wildman–Crippen MR) is 129 cm³/mol. The van der Waals surface area contributed by atoms with Gasteiger partial charge in [0.1, 0.15) is 0 Å². The van der Waals surface area contributed by atoms with Gasteiger partial charge in [0.15, 0.2) is 0 Å². The Balaban J connectivity index is 1.26. The number of benzene rings is 1. The van der Waals surface area contributed by atoms with Crippen LogP contribution in [-0.4, -0.2) is 74.9 Å². The van der Waals surface area contributed by atoms with E-state index in [0.717, 1.165) is 61.6 Å². The van der Waals surface area contributed by atoms with E-state index < -0.39 is 0 Å². The fourth-order valence-electron chi connectivity index (χ4n) is 4.20. The SMILES string of the molecule is Cn1cc(-c2ccncc2CCC(=O)Nc2ccc(CN3CCN(CCO)CC3)cc2)cn1. The average molecular weight is 449 g/mol. The molecule has 0 atom stereocenters. The quantitative estimate of drug-likeness (QED) is 0.522. The predicted octanol–water partition coefficient (Wildman–Crippen LogP) is 2.16. The fraction of sp³-hybridized carbons (Fsp3) is 0.400. The van der Waals surface area contributed by atoms with Gasteiger partial charge in [-0.15, -0.1) is 0 Å². The lowest BCUT2D eigenvalue weighted by Gasteiger charge is -2.34. The van der Waals surface area contributed by atoms with Crippen LogP contribution in [0.1, 0.15) is 17.5 Å². The maximum absolute atomic E-state index is 12.5. The van der Waals surface area contributed by atoms with Gasteiger partial charge in [-0.3, -0.25) is 24.3 Å². The summed E-state index contributed by atoms with van der Waals surface area (Å²) >= 11 is 0. The van der Waals surface area contributed by atoms with Crippen LogP contribution in [0.2, 0.25) is 0 Å². The third-order valence-corrected chi connectivity index (χ3v) is 6.07. The topological polar surface area (TPSA) is 86.5 Å². The summed E-state index contributed by atoms with van der Waals surface area (Å²) in [6.07, 6.45) is 8.39. The zero-order chi connectivity index (χ0) is 23.0. The lowest BCUT2D eigenvalue weighted by atomic mass is 10.0. The van der Waals surface area contributed by atoms with E-state index in [1.807, 2.05) is 43.8 Å². The van der Waals surface area contributed by atoms with Gasteiger partial charge in [-0.2, -0.15) is 5.10 Å². The minimum absolute atomic E-state index is 0.0104. The van der Waals surface area contributed by atoms with Crippen LogP contribution in [-0.2, 0) is 24.8 Å². The number of β-amino-alcohol motifs (C(OH)–C–C–N with tert-alkyl or cyclic N) is 1. The van der Waals surface area contributed by atoms with E-state index in [9.17, 15) is 4.79 Å². The zero-order valence-corrected chi connectivity index (χ0v) is 19.2. The van der Waals surface area contributed by atoms with E-state index in [1.165, 1.54) is 5.56 Å². The molecule has 1 saturated heterocycles. The van der Waals surface area contributed by atoms with Crippen LogP contribution in [0.3, 0.4) is 0 Å². The Morgan fingerprint density at radius 1 is 1.06 bits per heavy atom. The third kappa shape index (κ3) is 6.47. The second-order valence-electron chi connectivity index (χ2n) is 8.52. The third-order valence-electron chi connectivity index (χ3n) is 6.07. The minimum Gasteiger partial charge on any atom is -0.395 e. The molecular weight excluding hydrogens is 416 g/mol. The van der Waals surface area contributed by atoms with Crippen molar-refractivity contribution in [1.82, 2.24) is 24.6 Å². The molecule has 3 aromatic rings. The number of aryl methyl sites for hydroxylation is 2. The highest BCUT2D eigenvalue weighted by atomic mass is 16.3. The first kappa shape index (κ1) is 23.1. The van der Waals surface area contributed by atoms with E-state index in [4.69, 9.17) is 5.11 Å². The van der Waals surface area contributed by atoms with E-state index in [2.05, 4.69) is 37.3 Å². The molecule has 1 aliphatic rings. The van der Waals surface area contributed by atoms with Crippen molar-refractivity contribution in [1.29, 1.82) is 0 Å². The van der Waals surface area contributed by atoms with Crippen LogP contribution in [0, 0.1) is 0 Å². The van der Waals surface area contributed by atoms with Gasteiger partial charge >= 0.3 is 0 Å². The van der Waals surface area contributed by atoms with Gasteiger partial charge in [-0.1, -0.05) is 12.1 Å². The summed E-state index contributed by atoms with van der Waals surface area (Å²) < 4.78 is 1.77. The van der Waals surface area contributed by atoms with Crippen molar-refractivity contribution >= 4 is 11.6 Å². The molecule has 174 valence electrons. The van der Waals surface area contributed by atoms with Crippen LogP contribution in [0.25, 0.3) is 11.1 Å². The zero-order valence-electron chi connectivity index (χ0n) is 19.2. The van der Waals surface area contributed by atoms with Crippen molar-refractivity contribution in [3.05, 3.63) is 66.2 Å². The number of nitrogens with one attached hydrogen (secondary N) is 1. The normalized spacial score (nSPS) is 15.0. The van der Waals surface area contributed by atoms with E-state index in [0.29, 0.717) is 12.8 Å². The number of hydrogen-bond acceptors (Lipinski definition) is 6. The fourth-order valence-corrected chi connectivity index (χ4v) is 4.20. The number of anilines is 1. The molecule has 1 aliphatic heterocycles. The monoisotopic (exact) mass is 448 g/mol. The van der Waals surface area contributed by atoms with Gasteiger partial charge in [-0.05, 0) is 41.3 Å². The number of rotatable bonds is 9. The van der Waals surface area contributed by atoms with Crippen LogP contribution < -0.4 is 5.32 Å². The van der Waals surface area contributed by atoms with E-state index in [1.54, 1.807) is 10.9 Å². The molecule has 4 rings (SSSR count). The number of hydrogen-bond donors (Lipinski definition) is 2. The Labute approximate surface area is 194 Å². The van der Waals surface area contributed by atoms with Crippen molar-refractivity contribution in [2.75, 3.05) is 44.6 Å². The molecule has 33 heavy (non-hydrogen) atoms. The van der Waals surface area contributed by atoms with Crippen LogP contribution in [0.5, 0.6) is 0 Å². The minimum atomic E-state index is -0.0104. The van der Waals surface area contributed by atoms with Crippen LogP contribution >= 0.6 is 0 Å². The molecule has 2 aromatic heterocycles. The average Bonchev–Trinajstić information content (AvgIpc) is 3.27. The Morgan fingerprint density at radius 3 is 2.52 bits per heavy atom. The summed E-state index contributed by atoms with van der Waals surface area (Å²) in [7, 11) is 1.89. The van der Waals surface area contributed by atoms with Crippen LogP contribution in [0.15, 0.2) is 55.1 Å². The Kier molecular flexibility index (Phi) is 7.83. The number of nitrogens with zero attached hydrogens (tertiary/aromatic N) is 5. The molecule has 0 unspecified atom stereocenters. The molecule has 1 amide bonds. The number of aliphatic hydroxyl groups excluding tert-OH is 1. The molecule has 8 heteroatoms. The van der Waals surface area contributed by atoms with Gasteiger partial charge < -0.3 is 10.4 Å². The highest BCUT2D eigenvalue weighted by Crippen LogP contribution is 2.23. The number of carbonyl (C=O) groups excluding carboxylic acids is 1. The molecule has 0 radical (unpaired) electrons. The summed E-state index contributed by atoms with van der Waals surface area (Å²) in [5, 5.41) is 16.3. The Morgan fingerprint density at radius 2 is 1.82 bits per heavy atom. The van der Waals surface area contributed by atoms with Crippen molar-refractivity contribution in [2.24, 2.45) is 7.05 Å². The number of amides is 1. The lowest BCUT2D eigenvalue weighted by Crippen LogP contribution is -2.46. The van der Waals surface area contributed by atoms with E-state index >= 15 is 0 Å². The Hall–Kier alpha value is -3.07. The maximum Gasteiger partial charge on any atom is 0.224 e. The van der Waals surface area contributed by atoms with Crippen molar-refractivity contribution in [3.8, 4) is 11.1 Å². The first-order chi connectivity index (χ1) is 16.1. The van der Waals surface area contributed by atoms with Gasteiger partial charge in [0.2, 0.25) is 5.91 Å². The number of aromatic nitrogens is 3. The molecule has 0 bridgehead atoms. The summed E-state index contributed by atoms with van der Waals surface area (Å²) in [6.45, 7) is 5.89. The summed E-state index contributed by atoms with van der Waals surface area (Å²) in [5.41, 5.74) is 5.18. The molecule has 8 nitrogen and oxygen atoms in total. The van der Waals surface area contributed by atoms with Gasteiger partial charge in [0.25, 0.3) is 0 Å². The number of pyridine rings is 1. The summed E-state index contributed by atoms with van der Waals surface area (Å²) in [4.78, 5) is 21.5. The molecule has 0 aliphatic carbocycles. The molecule has 0 spiro atoms. The second kappa shape index (κ2) is 11.2. The van der Waals surface area contributed by atoms with Gasteiger partial charge in [0.05, 0.1) is 12.8 Å². The molecule has 0 saturated carbocycles. The second-order valence-corrected chi connectivity index (χ2v) is 8.52. The van der Waals surface area contributed by atoms with Crippen molar-refractivity contribution < 1.29 is 9.90 Å². The number of aliphatic hydroxyl groups is 1. The number of carbonyl (C=O) groups is 1. The standard InChI is InChI=1S/C25H32N6O2/c1-29-19-22(17-27-29)24-8-9-26-16-21(24)4-7-25(33)28-23-5-2-20(3-6-23)18-31-12-10-30(11-13-31)14-15-32/h2-3,5-6,8-9,16-17,19,32H,4,7,10-15,18H2,1H3,(H,28,33). The smallest absolute Gasteiger partial charge is 0.224 e. The van der Waals surface area contributed by atoms with Crippen molar-refractivity contribution in [3.63, 3.8) is 0 Å². The molecule has 1 fully saturated rings. The molecular formula is C25H32N6O2. The largest absolute Gasteiger partial charge is 0.395 e. The lowest BCUT2D eigenvalue weighted by molar-refractivity contribution is -0.116. The first-order valence-corrected chi connectivity index (χ1v) is 11.5. The molecule has 1 aromatic carbocycles. The summed E-state index contributed by atoms with van der Waals surface area (Å²) in [5.74, 6) is -0.0104. The van der Waals surface area contributed by atoms with Gasteiger partial charge in [0, 0.05) is 82.6 Å². The van der Waals surface area contributed by atoms with Crippen molar-refractivity contribution in [2.45, 2.75) is 19.4 Å². The molecule has 2 N–H and O–H groups in total. The highest BCUT2D eigenvalue weighted by molar-refractivity contribution is 5.91. The summed E-state index contributed by atoms with van der Waals surface area (Å²) in [6, 6.07) is 10.1. The van der Waals surface area contributed by atoms with Gasteiger partial charge in [-0.25, -0.2) is 0 Å². The Bertz CT molecular complexity index is 1040. The number of piperazine rings is 1. The van der Waals surface area contributed by atoms with E-state index in [-0.39, 0.29) is 12.5 Å². The maximum atomic E-state index is 12.5. The van der Waals surface area contributed by atoms with Crippen LogP contribution in [0.4, 0.5) is 5.69 Å². The highest BCUT2D eigenvalue weighted by Gasteiger charge is 2.16.